The summed E-state index contributed by atoms with van der Waals surface area (Å²) in [7, 11) is 0. The molecule has 3 saturated heterocycles. The highest BCUT2D eigenvalue weighted by atomic mass is 15.4. The Hall–Kier alpha value is -0.380. The maximum absolute atomic E-state index is 3.82. The van der Waals surface area contributed by atoms with Crippen LogP contribution in [0.1, 0.15) is 45.4 Å². The first-order valence-electron chi connectivity index (χ1n) is 8.77. The number of nitrogens with zero attached hydrogens (tertiary/aromatic N) is 2. The third-order valence-electron chi connectivity index (χ3n) is 5.36. The van der Waals surface area contributed by atoms with E-state index < -0.39 is 0 Å². The molecular weight excluding hydrogens is 246 g/mol. The molecule has 4 rings (SSSR count). The molecule has 3 aliphatic heterocycles. The molecule has 3 heterocycles. The number of hydrogen-bond acceptors (Lipinski definition) is 3. The number of hydrogen-bond donors (Lipinski definition) is 1. The summed E-state index contributed by atoms with van der Waals surface area (Å²) in [6, 6.07) is 1.31. The summed E-state index contributed by atoms with van der Waals surface area (Å²) in [5, 5.41) is 3.82. The molecule has 0 spiro atoms. The topological polar surface area (TPSA) is 18.5 Å². The average Bonchev–Trinajstić information content (AvgIpc) is 2.46. The van der Waals surface area contributed by atoms with Gasteiger partial charge < -0.3 is 5.32 Å². The summed E-state index contributed by atoms with van der Waals surface area (Å²) in [6.07, 6.45) is 10.8. The molecule has 20 heavy (non-hydrogen) atoms. The maximum Gasteiger partial charge on any atom is 0.0449 e. The van der Waals surface area contributed by atoms with Crippen molar-refractivity contribution in [1.82, 2.24) is 15.1 Å². The van der Waals surface area contributed by atoms with Crippen LogP contribution in [0.2, 0.25) is 0 Å². The molecule has 0 aromatic heterocycles. The Kier molecular flexibility index (Phi) is 5.14. The van der Waals surface area contributed by atoms with E-state index in [9.17, 15) is 0 Å². The number of piperazine rings is 3. The summed E-state index contributed by atoms with van der Waals surface area (Å²) < 4.78 is 0. The van der Waals surface area contributed by atoms with Crippen LogP contribution in [-0.2, 0) is 0 Å². The van der Waals surface area contributed by atoms with Crippen molar-refractivity contribution in [3.63, 3.8) is 0 Å². The Morgan fingerprint density at radius 3 is 2.65 bits per heavy atom. The maximum atomic E-state index is 3.82. The first-order valence-corrected chi connectivity index (χ1v) is 8.77. The molecule has 1 aliphatic carbocycles. The minimum Gasteiger partial charge on any atom is -0.309 e. The first-order chi connectivity index (χ1) is 9.88. The first kappa shape index (κ1) is 14.6. The van der Waals surface area contributed by atoms with E-state index in [2.05, 4.69) is 28.1 Å². The van der Waals surface area contributed by atoms with Crippen molar-refractivity contribution in [1.29, 1.82) is 0 Å². The molecule has 2 bridgehead atoms. The van der Waals surface area contributed by atoms with Crippen LogP contribution >= 0.6 is 0 Å². The molecule has 0 aromatic carbocycles. The zero-order chi connectivity index (χ0) is 13.8. The number of allylic oxidation sites excluding steroid dienone is 1. The molecule has 2 unspecified atom stereocenters. The monoisotopic (exact) mass is 277 g/mol. The summed E-state index contributed by atoms with van der Waals surface area (Å²) in [5.74, 6) is 0. The molecule has 3 nitrogen and oxygen atoms in total. The predicted octanol–water partition coefficient (Wildman–Crippen LogP) is 2.24. The van der Waals surface area contributed by atoms with Gasteiger partial charge in [-0.05, 0) is 32.2 Å². The van der Waals surface area contributed by atoms with E-state index >= 15 is 0 Å². The Bertz CT molecular complexity index is 331. The fourth-order valence-electron chi connectivity index (χ4n) is 4.21. The standard InChI is InChI=1S/C17H31N3/c1-2-18-17(15-8-6-4-3-5-7-9-15)16-14-19-10-12-20(16)13-11-19/h8,16-18H,2-7,9-14H2,1H3. The molecule has 0 aromatic rings. The van der Waals surface area contributed by atoms with E-state index in [1.807, 2.05) is 0 Å². The summed E-state index contributed by atoms with van der Waals surface area (Å²) in [5.41, 5.74) is 1.71. The van der Waals surface area contributed by atoms with Gasteiger partial charge in [0, 0.05) is 44.8 Å². The number of rotatable bonds is 4. The van der Waals surface area contributed by atoms with E-state index in [-0.39, 0.29) is 0 Å². The van der Waals surface area contributed by atoms with Gasteiger partial charge in [-0.2, -0.15) is 0 Å². The van der Waals surface area contributed by atoms with Crippen molar-refractivity contribution in [3.8, 4) is 0 Å². The van der Waals surface area contributed by atoms with Gasteiger partial charge in [0.05, 0.1) is 0 Å². The van der Waals surface area contributed by atoms with Gasteiger partial charge in [0.25, 0.3) is 0 Å². The SMILES string of the molecule is CCNC(C1=CCCCCCC1)C1CN2CCN1CC2. The van der Waals surface area contributed by atoms with E-state index in [4.69, 9.17) is 0 Å². The van der Waals surface area contributed by atoms with Crippen molar-refractivity contribution in [2.75, 3.05) is 39.3 Å². The second kappa shape index (κ2) is 7.06. The molecule has 114 valence electrons. The third kappa shape index (κ3) is 3.26. The van der Waals surface area contributed by atoms with Crippen molar-refractivity contribution in [3.05, 3.63) is 11.6 Å². The minimum atomic E-state index is 0.598. The fraction of sp³-hybridized carbons (Fsp3) is 0.882. The molecule has 2 atom stereocenters. The fourth-order valence-corrected chi connectivity index (χ4v) is 4.21. The van der Waals surface area contributed by atoms with Crippen LogP contribution in [-0.4, -0.2) is 61.2 Å². The highest BCUT2D eigenvalue weighted by Gasteiger charge is 2.37. The zero-order valence-electron chi connectivity index (χ0n) is 13.1. The van der Waals surface area contributed by atoms with Crippen LogP contribution in [0, 0.1) is 0 Å². The summed E-state index contributed by atoms with van der Waals surface area (Å²) in [4.78, 5) is 5.41. The lowest BCUT2D eigenvalue weighted by atomic mass is 9.88. The van der Waals surface area contributed by atoms with E-state index in [0.29, 0.717) is 12.1 Å². The molecule has 3 heteroatoms. The summed E-state index contributed by atoms with van der Waals surface area (Å²) >= 11 is 0. The Morgan fingerprint density at radius 2 is 1.95 bits per heavy atom. The van der Waals surface area contributed by atoms with Gasteiger partial charge in [0.2, 0.25) is 0 Å². The van der Waals surface area contributed by atoms with Crippen LogP contribution < -0.4 is 5.32 Å². The Labute approximate surface area is 124 Å². The van der Waals surface area contributed by atoms with Gasteiger partial charge in [0.1, 0.15) is 0 Å². The molecule has 3 fully saturated rings. The van der Waals surface area contributed by atoms with Gasteiger partial charge in [-0.1, -0.05) is 31.4 Å². The van der Waals surface area contributed by atoms with Crippen LogP contribution in [0.25, 0.3) is 0 Å². The van der Waals surface area contributed by atoms with Crippen molar-refractivity contribution in [2.24, 2.45) is 0 Å². The Balaban J connectivity index is 1.73. The third-order valence-corrected chi connectivity index (χ3v) is 5.36. The van der Waals surface area contributed by atoms with Crippen molar-refractivity contribution >= 4 is 0 Å². The molecule has 0 radical (unpaired) electrons. The van der Waals surface area contributed by atoms with Gasteiger partial charge in [0.15, 0.2) is 0 Å². The smallest absolute Gasteiger partial charge is 0.0449 e. The van der Waals surface area contributed by atoms with Gasteiger partial charge in [-0.3, -0.25) is 9.80 Å². The van der Waals surface area contributed by atoms with Gasteiger partial charge >= 0.3 is 0 Å². The van der Waals surface area contributed by atoms with E-state index in [1.165, 1.54) is 71.2 Å². The van der Waals surface area contributed by atoms with Crippen LogP contribution in [0.3, 0.4) is 0 Å². The summed E-state index contributed by atoms with van der Waals surface area (Å²) in [6.45, 7) is 9.75. The molecule has 0 saturated carbocycles. The molecule has 1 N–H and O–H groups in total. The Morgan fingerprint density at radius 1 is 1.15 bits per heavy atom. The van der Waals surface area contributed by atoms with Crippen molar-refractivity contribution in [2.45, 2.75) is 57.5 Å². The highest BCUT2D eigenvalue weighted by molar-refractivity contribution is 5.17. The van der Waals surface area contributed by atoms with Crippen LogP contribution in [0.5, 0.6) is 0 Å². The number of fused-ring (bicyclic) bond motifs is 3. The molecule has 4 aliphatic rings. The van der Waals surface area contributed by atoms with Gasteiger partial charge in [-0.25, -0.2) is 0 Å². The van der Waals surface area contributed by atoms with Crippen LogP contribution in [0.15, 0.2) is 11.6 Å². The largest absolute Gasteiger partial charge is 0.309 e. The van der Waals surface area contributed by atoms with E-state index in [0.717, 1.165) is 6.54 Å². The molecule has 0 amide bonds. The minimum absolute atomic E-state index is 0.598. The quantitative estimate of drug-likeness (QED) is 0.795. The normalized spacial score (nSPS) is 36.0. The lowest BCUT2D eigenvalue weighted by Gasteiger charge is -2.50. The number of likely N-dealkylation sites (N-methyl/N-ethyl adjacent to an activating group) is 1. The lowest BCUT2D eigenvalue weighted by Crippen LogP contribution is -2.66. The average molecular weight is 277 g/mol. The second-order valence-corrected chi connectivity index (χ2v) is 6.67. The van der Waals surface area contributed by atoms with Crippen LogP contribution in [0.4, 0.5) is 0 Å². The predicted molar refractivity (Wildman–Crippen MR) is 85.1 cm³/mol. The van der Waals surface area contributed by atoms with Gasteiger partial charge in [-0.15, -0.1) is 0 Å². The van der Waals surface area contributed by atoms with E-state index in [1.54, 1.807) is 5.57 Å². The lowest BCUT2D eigenvalue weighted by molar-refractivity contribution is 0.00182. The molecular formula is C17H31N3. The zero-order valence-corrected chi connectivity index (χ0v) is 13.1. The van der Waals surface area contributed by atoms with Crippen molar-refractivity contribution < 1.29 is 0 Å². The number of nitrogens with one attached hydrogen (secondary N) is 1. The second-order valence-electron chi connectivity index (χ2n) is 6.67. The highest BCUT2D eigenvalue weighted by Crippen LogP contribution is 2.26.